The maximum atomic E-state index is 13.8. The lowest BCUT2D eigenvalue weighted by Crippen LogP contribution is -2.24. The third-order valence-electron chi connectivity index (χ3n) is 3.41. The zero-order chi connectivity index (χ0) is 14.1. The fourth-order valence-electron chi connectivity index (χ4n) is 2.24. The second-order valence-electron chi connectivity index (χ2n) is 4.91. The number of hydrogen-bond donors (Lipinski definition) is 1. The van der Waals surface area contributed by atoms with Crippen molar-refractivity contribution >= 4 is 23.0 Å². The van der Waals surface area contributed by atoms with E-state index in [1.165, 1.54) is 17.0 Å². The smallest absolute Gasteiger partial charge is 0.338 e. The first-order chi connectivity index (χ1) is 9.65. The van der Waals surface area contributed by atoms with Crippen LogP contribution in [0.1, 0.15) is 28.1 Å². The highest BCUT2D eigenvalue weighted by Crippen LogP contribution is 2.34. The van der Waals surface area contributed by atoms with Gasteiger partial charge in [-0.2, -0.15) is 0 Å². The average molecular weight is 291 g/mol. The molecular weight excluding hydrogens is 277 g/mol. The lowest BCUT2D eigenvalue weighted by molar-refractivity contribution is 0.0692. The summed E-state index contributed by atoms with van der Waals surface area (Å²) in [4.78, 5) is 14.2. The van der Waals surface area contributed by atoms with Crippen LogP contribution < -0.4 is 4.90 Å². The Bertz CT molecular complexity index is 623. The molecule has 1 aromatic carbocycles. The highest BCUT2D eigenvalue weighted by Gasteiger charge is 2.30. The zero-order valence-electron chi connectivity index (χ0n) is 10.8. The quantitative estimate of drug-likeness (QED) is 0.912. The summed E-state index contributed by atoms with van der Waals surface area (Å²) in [7, 11) is 0. The summed E-state index contributed by atoms with van der Waals surface area (Å²) < 4.78 is 13.8. The minimum atomic E-state index is -1.23. The van der Waals surface area contributed by atoms with Crippen molar-refractivity contribution in [2.75, 3.05) is 4.90 Å². The van der Waals surface area contributed by atoms with E-state index in [2.05, 4.69) is 11.0 Å². The van der Waals surface area contributed by atoms with E-state index in [0.29, 0.717) is 6.04 Å². The summed E-state index contributed by atoms with van der Waals surface area (Å²) in [6.45, 7) is 0.744. The number of halogens is 1. The SMILES string of the molecule is O=C(O)c1ccc(N(Cc2cccs2)C2CC2)cc1F. The summed E-state index contributed by atoms with van der Waals surface area (Å²) in [5.41, 5.74) is 0.476. The van der Waals surface area contributed by atoms with Crippen molar-refractivity contribution in [1.82, 2.24) is 0 Å². The molecule has 104 valence electrons. The van der Waals surface area contributed by atoms with Gasteiger partial charge in [-0.1, -0.05) is 6.07 Å². The molecule has 2 aromatic rings. The summed E-state index contributed by atoms with van der Waals surface area (Å²) >= 11 is 1.67. The number of aromatic carboxylic acids is 1. The molecule has 0 aliphatic heterocycles. The molecule has 0 amide bonds. The van der Waals surface area contributed by atoms with Crippen LogP contribution in [0.4, 0.5) is 10.1 Å². The van der Waals surface area contributed by atoms with Crippen molar-refractivity contribution in [1.29, 1.82) is 0 Å². The van der Waals surface area contributed by atoms with Crippen LogP contribution in [0.2, 0.25) is 0 Å². The van der Waals surface area contributed by atoms with E-state index >= 15 is 0 Å². The van der Waals surface area contributed by atoms with Gasteiger partial charge in [0.25, 0.3) is 0 Å². The minimum Gasteiger partial charge on any atom is -0.478 e. The van der Waals surface area contributed by atoms with Crippen molar-refractivity contribution in [2.45, 2.75) is 25.4 Å². The first kappa shape index (κ1) is 13.1. The molecule has 0 saturated heterocycles. The van der Waals surface area contributed by atoms with Gasteiger partial charge in [0.2, 0.25) is 0 Å². The Balaban J connectivity index is 1.88. The first-order valence-corrected chi connectivity index (χ1v) is 7.35. The van der Waals surface area contributed by atoms with Gasteiger partial charge in [-0.25, -0.2) is 9.18 Å². The van der Waals surface area contributed by atoms with Gasteiger partial charge in [0.05, 0.1) is 12.1 Å². The second kappa shape index (κ2) is 5.25. The molecule has 3 nitrogen and oxygen atoms in total. The van der Waals surface area contributed by atoms with Crippen LogP contribution >= 0.6 is 11.3 Å². The van der Waals surface area contributed by atoms with Crippen LogP contribution in [0.3, 0.4) is 0 Å². The van der Waals surface area contributed by atoms with Gasteiger partial charge in [0, 0.05) is 16.6 Å². The number of nitrogens with zero attached hydrogens (tertiary/aromatic N) is 1. The van der Waals surface area contributed by atoms with E-state index in [4.69, 9.17) is 5.11 Å². The Labute approximate surface area is 120 Å². The summed E-state index contributed by atoms with van der Waals surface area (Å²) in [5, 5.41) is 10.9. The predicted octanol–water partition coefficient (Wildman–Crippen LogP) is 3.75. The van der Waals surface area contributed by atoms with E-state index in [1.807, 2.05) is 11.4 Å². The molecule has 0 bridgehead atoms. The molecule has 0 unspecified atom stereocenters. The molecule has 1 aromatic heterocycles. The van der Waals surface area contributed by atoms with Crippen LogP contribution in [0, 0.1) is 5.82 Å². The molecule has 3 rings (SSSR count). The molecule has 0 spiro atoms. The fourth-order valence-corrected chi connectivity index (χ4v) is 2.95. The van der Waals surface area contributed by atoms with Gasteiger partial charge in [0.15, 0.2) is 0 Å². The number of anilines is 1. The van der Waals surface area contributed by atoms with Gasteiger partial charge in [-0.15, -0.1) is 11.3 Å². The topological polar surface area (TPSA) is 40.5 Å². The molecule has 1 saturated carbocycles. The number of carboxylic acids is 1. The number of thiophene rings is 1. The highest BCUT2D eigenvalue weighted by molar-refractivity contribution is 7.09. The Morgan fingerprint density at radius 2 is 2.20 bits per heavy atom. The maximum Gasteiger partial charge on any atom is 0.338 e. The van der Waals surface area contributed by atoms with Crippen LogP contribution in [0.25, 0.3) is 0 Å². The monoisotopic (exact) mass is 291 g/mol. The number of hydrogen-bond acceptors (Lipinski definition) is 3. The summed E-state index contributed by atoms with van der Waals surface area (Å²) in [6, 6.07) is 8.86. The van der Waals surface area contributed by atoms with Crippen LogP contribution in [-0.4, -0.2) is 17.1 Å². The number of carboxylic acid groups (broad SMARTS) is 1. The maximum absolute atomic E-state index is 13.8. The van der Waals surface area contributed by atoms with Crippen LogP contribution in [0.15, 0.2) is 35.7 Å². The Hall–Kier alpha value is -1.88. The van der Waals surface area contributed by atoms with Crippen molar-refractivity contribution < 1.29 is 14.3 Å². The van der Waals surface area contributed by atoms with E-state index in [1.54, 1.807) is 17.4 Å². The van der Waals surface area contributed by atoms with Gasteiger partial charge in [0.1, 0.15) is 5.82 Å². The number of carbonyl (C=O) groups is 1. The average Bonchev–Trinajstić information content (AvgIpc) is 3.12. The van der Waals surface area contributed by atoms with E-state index < -0.39 is 11.8 Å². The van der Waals surface area contributed by atoms with Crippen LogP contribution in [0.5, 0.6) is 0 Å². The first-order valence-electron chi connectivity index (χ1n) is 6.47. The van der Waals surface area contributed by atoms with Gasteiger partial charge < -0.3 is 10.0 Å². The van der Waals surface area contributed by atoms with Gasteiger partial charge >= 0.3 is 5.97 Å². The number of benzene rings is 1. The van der Waals surface area contributed by atoms with E-state index in [-0.39, 0.29) is 5.56 Å². The molecule has 1 aliphatic rings. The summed E-state index contributed by atoms with van der Waals surface area (Å²) in [6.07, 6.45) is 2.21. The largest absolute Gasteiger partial charge is 0.478 e. The molecule has 0 radical (unpaired) electrons. The Morgan fingerprint density at radius 1 is 1.40 bits per heavy atom. The Kier molecular flexibility index (Phi) is 3.44. The van der Waals surface area contributed by atoms with E-state index in [9.17, 15) is 9.18 Å². The van der Waals surface area contributed by atoms with Crippen molar-refractivity contribution in [3.8, 4) is 0 Å². The second-order valence-corrected chi connectivity index (χ2v) is 5.94. The lowest BCUT2D eigenvalue weighted by atomic mass is 10.1. The van der Waals surface area contributed by atoms with Gasteiger partial charge in [-0.05, 0) is 42.5 Å². The molecule has 20 heavy (non-hydrogen) atoms. The normalized spacial score (nSPS) is 14.2. The predicted molar refractivity (Wildman–Crippen MR) is 76.9 cm³/mol. The molecule has 0 atom stereocenters. The van der Waals surface area contributed by atoms with Crippen molar-refractivity contribution in [2.24, 2.45) is 0 Å². The fraction of sp³-hybridized carbons (Fsp3) is 0.267. The lowest BCUT2D eigenvalue weighted by Gasteiger charge is -2.24. The van der Waals surface area contributed by atoms with Crippen LogP contribution in [-0.2, 0) is 6.54 Å². The third-order valence-corrected chi connectivity index (χ3v) is 4.27. The third kappa shape index (κ3) is 2.67. The van der Waals surface area contributed by atoms with Crippen molar-refractivity contribution in [3.63, 3.8) is 0 Å². The summed E-state index contributed by atoms with van der Waals surface area (Å²) in [5.74, 6) is -1.91. The van der Waals surface area contributed by atoms with Gasteiger partial charge in [-0.3, -0.25) is 0 Å². The molecule has 1 fully saturated rings. The zero-order valence-corrected chi connectivity index (χ0v) is 11.6. The molecule has 1 aliphatic carbocycles. The minimum absolute atomic E-state index is 0.277. The molecule has 1 heterocycles. The van der Waals surface area contributed by atoms with E-state index in [0.717, 1.165) is 25.1 Å². The molecular formula is C15H14FNO2S. The van der Waals surface area contributed by atoms with Crippen molar-refractivity contribution in [3.05, 3.63) is 52.0 Å². The standard InChI is InChI=1S/C15H14FNO2S/c16-14-8-11(5-6-13(14)15(18)19)17(10-3-4-10)9-12-2-1-7-20-12/h1-2,5-8,10H,3-4,9H2,(H,18,19). The Morgan fingerprint density at radius 3 is 2.75 bits per heavy atom. The number of rotatable bonds is 5. The molecule has 1 N–H and O–H groups in total. The molecule has 5 heteroatoms. The highest BCUT2D eigenvalue weighted by atomic mass is 32.1.